The van der Waals surface area contributed by atoms with E-state index in [9.17, 15) is 14.4 Å². The molecule has 1 aliphatic rings. The molecule has 0 aromatic heterocycles. The van der Waals surface area contributed by atoms with Crippen molar-refractivity contribution in [3.05, 3.63) is 23.8 Å². The quantitative estimate of drug-likeness (QED) is 0.777. The highest BCUT2D eigenvalue weighted by Gasteiger charge is 2.34. The fraction of sp³-hybridized carbons (Fsp3) is 0.471. The Hall–Kier alpha value is -2.37. The Morgan fingerprint density at radius 1 is 1.30 bits per heavy atom. The molecule has 0 spiro atoms. The fourth-order valence-electron chi connectivity index (χ4n) is 2.72. The number of Topliss-reactive ketones (excluding diaryl/α,β-unsaturated/α-hetero) is 1. The number of hydrogen-bond donors (Lipinski definition) is 0. The number of carbonyl (C=O) groups is 3. The number of ether oxygens (including phenoxy) is 1. The lowest BCUT2D eigenvalue weighted by Crippen LogP contribution is -2.52. The smallest absolute Gasteiger partial charge is 0.265 e. The lowest BCUT2D eigenvalue weighted by atomic mass is 10.1. The first-order valence-corrected chi connectivity index (χ1v) is 7.79. The van der Waals surface area contributed by atoms with Crippen LogP contribution in [-0.4, -0.2) is 48.2 Å². The van der Waals surface area contributed by atoms with Gasteiger partial charge in [0.1, 0.15) is 11.8 Å². The van der Waals surface area contributed by atoms with Crippen LogP contribution in [0.1, 0.15) is 38.1 Å². The van der Waals surface area contributed by atoms with E-state index in [0.29, 0.717) is 30.1 Å². The van der Waals surface area contributed by atoms with E-state index >= 15 is 0 Å². The molecule has 1 aliphatic heterocycles. The average molecular weight is 318 g/mol. The molecular formula is C17H22N2O4. The van der Waals surface area contributed by atoms with Crippen molar-refractivity contribution in [1.29, 1.82) is 0 Å². The molecule has 0 saturated heterocycles. The topological polar surface area (TPSA) is 66.9 Å². The Bertz CT molecular complexity index is 637. The van der Waals surface area contributed by atoms with Gasteiger partial charge in [-0.05, 0) is 45.9 Å². The van der Waals surface area contributed by atoms with Crippen LogP contribution in [0.3, 0.4) is 0 Å². The van der Waals surface area contributed by atoms with Crippen molar-refractivity contribution >= 4 is 23.3 Å². The number of rotatable bonds is 5. The van der Waals surface area contributed by atoms with Gasteiger partial charge < -0.3 is 9.64 Å². The van der Waals surface area contributed by atoms with Gasteiger partial charge in [-0.3, -0.25) is 19.3 Å². The summed E-state index contributed by atoms with van der Waals surface area (Å²) in [5.41, 5.74) is 0.955. The summed E-state index contributed by atoms with van der Waals surface area (Å²) < 4.78 is 5.42. The van der Waals surface area contributed by atoms with Crippen LogP contribution in [0.25, 0.3) is 0 Å². The molecule has 0 bridgehead atoms. The van der Waals surface area contributed by atoms with Gasteiger partial charge in [-0.2, -0.15) is 0 Å². The Kier molecular flexibility index (Phi) is 5.03. The molecule has 2 rings (SSSR count). The SMILES string of the molecule is CCN(CC)C(=O)C(C)N1C(=O)COc2ccc(C(C)=O)cc21. The van der Waals surface area contributed by atoms with Gasteiger partial charge >= 0.3 is 0 Å². The Morgan fingerprint density at radius 2 is 1.96 bits per heavy atom. The van der Waals surface area contributed by atoms with Gasteiger partial charge in [-0.1, -0.05) is 0 Å². The molecule has 124 valence electrons. The minimum absolute atomic E-state index is 0.103. The Labute approximate surface area is 136 Å². The normalized spacial score (nSPS) is 14.8. The molecule has 1 heterocycles. The lowest BCUT2D eigenvalue weighted by Gasteiger charge is -2.35. The van der Waals surface area contributed by atoms with Crippen LogP contribution in [0, 0.1) is 0 Å². The summed E-state index contributed by atoms with van der Waals surface area (Å²) in [6.07, 6.45) is 0. The van der Waals surface area contributed by atoms with Gasteiger partial charge in [0, 0.05) is 18.7 Å². The second-order valence-electron chi connectivity index (χ2n) is 5.48. The Balaban J connectivity index is 2.42. The highest BCUT2D eigenvalue weighted by atomic mass is 16.5. The standard InChI is InChI=1S/C17H22N2O4/c1-5-18(6-2)17(22)11(3)19-14-9-13(12(4)20)7-8-15(14)23-10-16(19)21/h7-9,11H,5-6,10H2,1-4H3. The summed E-state index contributed by atoms with van der Waals surface area (Å²) in [4.78, 5) is 39.7. The van der Waals surface area contributed by atoms with Crippen molar-refractivity contribution in [2.75, 3.05) is 24.6 Å². The van der Waals surface area contributed by atoms with Crippen LogP contribution in [0.4, 0.5) is 5.69 Å². The van der Waals surface area contributed by atoms with Gasteiger partial charge in [-0.25, -0.2) is 0 Å². The van der Waals surface area contributed by atoms with Crippen molar-refractivity contribution in [3.63, 3.8) is 0 Å². The number of amides is 2. The molecular weight excluding hydrogens is 296 g/mol. The van der Waals surface area contributed by atoms with E-state index in [4.69, 9.17) is 4.74 Å². The molecule has 6 nitrogen and oxygen atoms in total. The first-order valence-electron chi connectivity index (χ1n) is 7.79. The van der Waals surface area contributed by atoms with Crippen LogP contribution in [0.5, 0.6) is 5.75 Å². The van der Waals surface area contributed by atoms with Crippen LogP contribution in [-0.2, 0) is 9.59 Å². The van der Waals surface area contributed by atoms with Gasteiger partial charge in [0.2, 0.25) is 5.91 Å². The van der Waals surface area contributed by atoms with Crippen molar-refractivity contribution in [3.8, 4) is 5.75 Å². The predicted octanol–water partition coefficient (Wildman–Crippen LogP) is 1.87. The molecule has 0 radical (unpaired) electrons. The average Bonchev–Trinajstić information content (AvgIpc) is 2.54. The summed E-state index contributed by atoms with van der Waals surface area (Å²) in [6, 6.07) is 4.29. The maximum atomic E-state index is 12.6. The van der Waals surface area contributed by atoms with Crippen LogP contribution in [0.2, 0.25) is 0 Å². The zero-order valence-electron chi connectivity index (χ0n) is 14.0. The van der Waals surface area contributed by atoms with Gasteiger partial charge in [0.05, 0.1) is 5.69 Å². The van der Waals surface area contributed by atoms with Crippen LogP contribution >= 0.6 is 0 Å². The first kappa shape index (κ1) is 17.0. The van der Waals surface area contributed by atoms with Crippen molar-refractivity contribution in [1.82, 2.24) is 4.90 Å². The summed E-state index contributed by atoms with van der Waals surface area (Å²) in [5.74, 6) is -0.00192. The Morgan fingerprint density at radius 3 is 2.52 bits per heavy atom. The first-order chi connectivity index (χ1) is 10.9. The third kappa shape index (κ3) is 3.21. The van der Waals surface area contributed by atoms with Crippen LogP contribution in [0.15, 0.2) is 18.2 Å². The number of fused-ring (bicyclic) bond motifs is 1. The molecule has 0 saturated carbocycles. The van der Waals surface area contributed by atoms with Crippen molar-refractivity contribution in [2.45, 2.75) is 33.7 Å². The summed E-state index contributed by atoms with van der Waals surface area (Å²) >= 11 is 0. The highest BCUT2D eigenvalue weighted by molar-refractivity contribution is 6.05. The molecule has 1 unspecified atom stereocenters. The van der Waals surface area contributed by atoms with Gasteiger partial charge in [0.25, 0.3) is 5.91 Å². The number of nitrogens with zero attached hydrogens (tertiary/aromatic N) is 2. The maximum absolute atomic E-state index is 12.6. The van der Waals surface area contributed by atoms with E-state index in [1.807, 2.05) is 13.8 Å². The van der Waals surface area contributed by atoms with E-state index in [1.54, 1.807) is 30.0 Å². The number of anilines is 1. The minimum Gasteiger partial charge on any atom is -0.482 e. The zero-order valence-corrected chi connectivity index (χ0v) is 14.0. The molecule has 0 aliphatic carbocycles. The molecule has 6 heteroatoms. The third-order valence-corrected chi connectivity index (χ3v) is 4.06. The van der Waals surface area contributed by atoms with E-state index < -0.39 is 6.04 Å². The van der Waals surface area contributed by atoms with E-state index in [1.165, 1.54) is 11.8 Å². The molecule has 1 aromatic carbocycles. The van der Waals surface area contributed by atoms with Gasteiger partial charge in [-0.15, -0.1) is 0 Å². The number of benzene rings is 1. The van der Waals surface area contributed by atoms with E-state index in [-0.39, 0.29) is 24.2 Å². The van der Waals surface area contributed by atoms with Crippen LogP contribution < -0.4 is 9.64 Å². The molecule has 0 N–H and O–H groups in total. The minimum atomic E-state index is -0.646. The molecule has 2 amide bonds. The largest absolute Gasteiger partial charge is 0.482 e. The maximum Gasteiger partial charge on any atom is 0.265 e. The van der Waals surface area contributed by atoms with Crippen molar-refractivity contribution in [2.24, 2.45) is 0 Å². The lowest BCUT2D eigenvalue weighted by molar-refractivity contribution is -0.134. The van der Waals surface area contributed by atoms with Crippen molar-refractivity contribution < 1.29 is 19.1 Å². The van der Waals surface area contributed by atoms with E-state index in [0.717, 1.165) is 0 Å². The monoisotopic (exact) mass is 318 g/mol. The second-order valence-corrected chi connectivity index (χ2v) is 5.48. The fourth-order valence-corrected chi connectivity index (χ4v) is 2.72. The summed E-state index contributed by atoms with van der Waals surface area (Å²) in [5, 5.41) is 0. The molecule has 0 fully saturated rings. The zero-order chi connectivity index (χ0) is 17.1. The number of ketones is 1. The highest BCUT2D eigenvalue weighted by Crippen LogP contribution is 2.34. The number of hydrogen-bond acceptors (Lipinski definition) is 4. The van der Waals surface area contributed by atoms with E-state index in [2.05, 4.69) is 0 Å². The summed E-state index contributed by atoms with van der Waals surface area (Å²) in [7, 11) is 0. The second kappa shape index (κ2) is 6.81. The number of likely N-dealkylation sites (N-methyl/N-ethyl adjacent to an activating group) is 1. The number of carbonyl (C=O) groups excluding carboxylic acids is 3. The van der Waals surface area contributed by atoms with Gasteiger partial charge in [0.15, 0.2) is 12.4 Å². The molecule has 1 atom stereocenters. The molecule has 1 aromatic rings. The predicted molar refractivity (Wildman–Crippen MR) is 86.8 cm³/mol. The summed E-state index contributed by atoms with van der Waals surface area (Å²) in [6.45, 7) is 8.02. The third-order valence-electron chi connectivity index (χ3n) is 4.06. The molecule has 23 heavy (non-hydrogen) atoms.